The highest BCUT2D eigenvalue weighted by atomic mass is 16.4. The van der Waals surface area contributed by atoms with Gasteiger partial charge in [0, 0.05) is 6.42 Å². The van der Waals surface area contributed by atoms with Crippen molar-refractivity contribution in [2.24, 2.45) is 17.8 Å². The largest absolute Gasteiger partial charge is 0.481 e. The summed E-state index contributed by atoms with van der Waals surface area (Å²) in [5, 5.41) is 9.73. The van der Waals surface area contributed by atoms with Crippen LogP contribution in [0.3, 0.4) is 0 Å². The molecule has 0 aliphatic carbocycles. The van der Waals surface area contributed by atoms with Gasteiger partial charge < -0.3 is 5.11 Å². The molecular weight excluding hydrogens is 673 g/mol. The van der Waals surface area contributed by atoms with Crippen molar-refractivity contribution in [3.63, 3.8) is 0 Å². The van der Waals surface area contributed by atoms with Gasteiger partial charge in [0.15, 0.2) is 0 Å². The van der Waals surface area contributed by atoms with Crippen LogP contribution in [0.5, 0.6) is 0 Å². The molecule has 0 radical (unpaired) electrons. The fraction of sp³-hybridized carbons (Fsp3) is 0.962. The van der Waals surface area contributed by atoms with Crippen molar-refractivity contribution in [2.75, 3.05) is 0 Å². The van der Waals surface area contributed by atoms with Crippen molar-refractivity contribution >= 4 is 11.8 Å². The molecular formula is C52H102O3. The van der Waals surface area contributed by atoms with Crippen LogP contribution < -0.4 is 0 Å². The third-order valence-electron chi connectivity index (χ3n) is 12.7. The smallest absolute Gasteiger partial charge is 0.314 e. The van der Waals surface area contributed by atoms with Gasteiger partial charge in [-0.1, -0.05) is 285 Å². The highest BCUT2D eigenvalue weighted by molar-refractivity contribution is 5.98. The quantitative estimate of drug-likeness (QED) is 0.0495. The predicted molar refractivity (Wildman–Crippen MR) is 244 cm³/mol. The van der Waals surface area contributed by atoms with E-state index < -0.39 is 11.9 Å². The van der Waals surface area contributed by atoms with Gasteiger partial charge in [-0.25, -0.2) is 0 Å². The number of carbonyl (C=O) groups excluding carboxylic acids is 1. The van der Waals surface area contributed by atoms with Gasteiger partial charge >= 0.3 is 5.97 Å². The third kappa shape index (κ3) is 41.1. The van der Waals surface area contributed by atoms with Crippen molar-refractivity contribution in [1.29, 1.82) is 0 Å². The number of carboxylic acids is 1. The molecule has 3 heteroatoms. The molecule has 0 aromatic heterocycles. The standard InChI is InChI=1S/C52H102O3/c1-5-7-9-11-12-13-14-15-16-17-21-24-30-35-41-47-51(53)50(52(54)55)46-40-34-29-25-28-33-39-45-49(43-37-10-8-6-2)44-38-32-27-23-20-18-19-22-26-31-36-42-48(3)4/h48-50H,5-47H2,1-4H3,(H,54,55). The molecule has 0 spiro atoms. The fourth-order valence-electron chi connectivity index (χ4n) is 8.80. The van der Waals surface area contributed by atoms with Crippen LogP contribution in [0.2, 0.25) is 0 Å². The molecule has 0 heterocycles. The van der Waals surface area contributed by atoms with Crippen molar-refractivity contribution in [2.45, 2.75) is 304 Å². The van der Waals surface area contributed by atoms with E-state index in [-0.39, 0.29) is 5.78 Å². The number of hydrogen-bond acceptors (Lipinski definition) is 2. The summed E-state index contributed by atoms with van der Waals surface area (Å²) in [5.41, 5.74) is 0. The number of hydrogen-bond donors (Lipinski definition) is 1. The van der Waals surface area contributed by atoms with Gasteiger partial charge in [0.25, 0.3) is 0 Å². The molecule has 55 heavy (non-hydrogen) atoms. The van der Waals surface area contributed by atoms with Crippen LogP contribution in [0.4, 0.5) is 0 Å². The minimum Gasteiger partial charge on any atom is -0.481 e. The van der Waals surface area contributed by atoms with Gasteiger partial charge in [0.2, 0.25) is 0 Å². The average molecular weight is 775 g/mol. The summed E-state index contributed by atoms with van der Waals surface area (Å²) in [7, 11) is 0. The van der Waals surface area contributed by atoms with Gasteiger partial charge in [0.05, 0.1) is 0 Å². The van der Waals surface area contributed by atoms with Crippen LogP contribution in [0.15, 0.2) is 0 Å². The molecule has 2 atom stereocenters. The number of carbonyl (C=O) groups is 2. The molecule has 0 saturated heterocycles. The van der Waals surface area contributed by atoms with Gasteiger partial charge in [0.1, 0.15) is 11.7 Å². The molecule has 0 aromatic carbocycles. The van der Waals surface area contributed by atoms with Crippen LogP contribution in [0.25, 0.3) is 0 Å². The Balaban J connectivity index is 3.88. The van der Waals surface area contributed by atoms with E-state index in [1.54, 1.807) is 0 Å². The lowest BCUT2D eigenvalue weighted by atomic mass is 9.89. The topological polar surface area (TPSA) is 54.4 Å². The van der Waals surface area contributed by atoms with Crippen molar-refractivity contribution in [3.8, 4) is 0 Å². The van der Waals surface area contributed by atoms with Crippen LogP contribution in [-0.2, 0) is 9.59 Å². The summed E-state index contributed by atoms with van der Waals surface area (Å²) in [6.45, 7) is 9.28. The van der Waals surface area contributed by atoms with Crippen molar-refractivity contribution < 1.29 is 14.7 Å². The van der Waals surface area contributed by atoms with Gasteiger partial charge in [-0.2, -0.15) is 0 Å². The number of unbranched alkanes of at least 4 members (excludes halogenated alkanes) is 33. The molecule has 1 N–H and O–H groups in total. The lowest BCUT2D eigenvalue weighted by Crippen LogP contribution is -2.23. The maximum absolute atomic E-state index is 12.7. The first-order valence-corrected chi connectivity index (χ1v) is 25.7. The number of carboxylic acid groups (broad SMARTS) is 1. The summed E-state index contributed by atoms with van der Waals surface area (Å²) in [6.07, 6.45) is 56.1. The summed E-state index contributed by atoms with van der Waals surface area (Å²) in [6, 6.07) is 0. The normalized spacial score (nSPS) is 12.8. The number of Topliss-reactive ketones (excluding diaryl/α,β-unsaturated/α-hetero) is 1. The van der Waals surface area contributed by atoms with E-state index in [4.69, 9.17) is 0 Å². The van der Waals surface area contributed by atoms with Gasteiger partial charge in [-0.15, -0.1) is 0 Å². The maximum atomic E-state index is 12.7. The predicted octanol–water partition coefficient (Wildman–Crippen LogP) is 18.3. The second kappa shape index (κ2) is 44.2. The molecule has 0 amide bonds. The zero-order valence-corrected chi connectivity index (χ0v) is 38.4. The Morgan fingerprint density at radius 3 is 0.909 bits per heavy atom. The third-order valence-corrected chi connectivity index (χ3v) is 12.7. The minimum atomic E-state index is -0.899. The highest BCUT2D eigenvalue weighted by Crippen LogP contribution is 2.25. The lowest BCUT2D eigenvalue weighted by molar-refractivity contribution is -0.146. The SMILES string of the molecule is CCCCCCCCCCCCCCCCCC(=O)C(CCCCCCCCCC(CCCCCC)CCCCCCCCCCCCCC(C)C)C(=O)O. The first-order valence-electron chi connectivity index (χ1n) is 25.7. The monoisotopic (exact) mass is 775 g/mol. The van der Waals surface area contributed by atoms with Crippen LogP contribution >= 0.6 is 0 Å². The van der Waals surface area contributed by atoms with E-state index in [2.05, 4.69) is 27.7 Å². The summed E-state index contributed by atoms with van der Waals surface area (Å²) in [4.78, 5) is 24.6. The van der Waals surface area contributed by atoms with Crippen LogP contribution in [-0.4, -0.2) is 16.9 Å². The Hall–Kier alpha value is -0.860. The zero-order valence-electron chi connectivity index (χ0n) is 38.4. The van der Waals surface area contributed by atoms with Gasteiger partial charge in [-0.05, 0) is 24.7 Å². The Morgan fingerprint density at radius 2 is 0.600 bits per heavy atom. The molecule has 0 aliphatic heterocycles. The molecule has 3 nitrogen and oxygen atoms in total. The summed E-state index contributed by atoms with van der Waals surface area (Å²) in [5.74, 6) is 0.103. The number of ketones is 1. The molecule has 2 unspecified atom stereocenters. The molecule has 0 fully saturated rings. The second-order valence-electron chi connectivity index (χ2n) is 18.7. The summed E-state index contributed by atoms with van der Waals surface area (Å²) < 4.78 is 0. The van der Waals surface area contributed by atoms with Gasteiger partial charge in [-0.3, -0.25) is 9.59 Å². The molecule has 0 aliphatic rings. The van der Waals surface area contributed by atoms with E-state index in [9.17, 15) is 14.7 Å². The van der Waals surface area contributed by atoms with E-state index >= 15 is 0 Å². The lowest BCUT2D eigenvalue weighted by Gasteiger charge is -2.17. The first kappa shape index (κ1) is 54.1. The van der Waals surface area contributed by atoms with Crippen LogP contribution in [0, 0.1) is 17.8 Å². The Kier molecular flexibility index (Phi) is 43.6. The first-order chi connectivity index (χ1) is 26.9. The fourth-order valence-corrected chi connectivity index (χ4v) is 8.80. The van der Waals surface area contributed by atoms with E-state index in [0.717, 1.165) is 37.5 Å². The molecule has 0 bridgehead atoms. The molecule has 0 aromatic rings. The van der Waals surface area contributed by atoms with E-state index in [1.807, 2.05) is 0 Å². The number of aliphatic carboxylic acids is 1. The van der Waals surface area contributed by atoms with E-state index in [1.165, 1.54) is 238 Å². The van der Waals surface area contributed by atoms with E-state index in [0.29, 0.717) is 12.8 Å². The van der Waals surface area contributed by atoms with Crippen molar-refractivity contribution in [3.05, 3.63) is 0 Å². The second-order valence-corrected chi connectivity index (χ2v) is 18.7. The Labute approximate surface area is 346 Å². The van der Waals surface area contributed by atoms with Crippen molar-refractivity contribution in [1.82, 2.24) is 0 Å². The average Bonchev–Trinajstić information content (AvgIpc) is 3.16. The Morgan fingerprint density at radius 1 is 0.345 bits per heavy atom. The number of rotatable bonds is 47. The molecule has 328 valence electrons. The molecule has 0 rings (SSSR count). The summed E-state index contributed by atoms with van der Waals surface area (Å²) >= 11 is 0. The maximum Gasteiger partial charge on any atom is 0.314 e. The molecule has 0 saturated carbocycles. The zero-order chi connectivity index (χ0) is 40.3. The van der Waals surface area contributed by atoms with Crippen LogP contribution in [0.1, 0.15) is 304 Å². The Bertz CT molecular complexity index is 775. The minimum absolute atomic E-state index is 0.0278. The highest BCUT2D eigenvalue weighted by Gasteiger charge is 2.24.